The Labute approximate surface area is 184 Å². The highest BCUT2D eigenvalue weighted by Crippen LogP contribution is 2.28. The Kier molecular flexibility index (Phi) is 5.82. The molecule has 158 valence electrons. The monoisotopic (exact) mass is 435 g/mol. The Morgan fingerprint density at radius 2 is 1.90 bits per heavy atom. The van der Waals surface area contributed by atoms with E-state index in [0.717, 1.165) is 47.4 Å². The van der Waals surface area contributed by atoms with Crippen molar-refractivity contribution in [2.75, 3.05) is 6.61 Å². The summed E-state index contributed by atoms with van der Waals surface area (Å²) in [6, 6.07) is 16.6. The quantitative estimate of drug-likeness (QED) is 0.393. The number of rotatable bonds is 7. The Morgan fingerprint density at radius 1 is 1.06 bits per heavy atom. The first-order chi connectivity index (χ1) is 15.3. The summed E-state index contributed by atoms with van der Waals surface area (Å²) in [5, 5.41) is 14.0. The molecular weight excluding hydrogens is 413 g/mol. The predicted molar refractivity (Wildman–Crippen MR) is 118 cm³/mol. The van der Waals surface area contributed by atoms with Crippen LogP contribution < -0.4 is 0 Å². The molecule has 0 bridgehead atoms. The highest BCUT2D eigenvalue weighted by atomic mass is 32.2. The molecule has 0 aliphatic carbocycles. The molecule has 1 aliphatic rings. The van der Waals surface area contributed by atoms with Crippen molar-refractivity contribution in [3.63, 3.8) is 0 Å². The van der Waals surface area contributed by atoms with Crippen LogP contribution in [0.5, 0.6) is 0 Å². The van der Waals surface area contributed by atoms with Crippen molar-refractivity contribution in [2.45, 2.75) is 36.4 Å². The largest absolute Gasteiger partial charge is 0.376 e. The molecule has 3 heterocycles. The van der Waals surface area contributed by atoms with Crippen molar-refractivity contribution in [1.82, 2.24) is 24.5 Å². The van der Waals surface area contributed by atoms with E-state index in [1.54, 1.807) is 30.1 Å². The summed E-state index contributed by atoms with van der Waals surface area (Å²) in [4.78, 5) is 0. The lowest BCUT2D eigenvalue weighted by molar-refractivity contribution is 0.0953. The van der Waals surface area contributed by atoms with Crippen LogP contribution in [0.15, 0.2) is 72.1 Å². The Balaban J connectivity index is 1.36. The van der Waals surface area contributed by atoms with Crippen molar-refractivity contribution in [3.8, 4) is 17.1 Å². The van der Waals surface area contributed by atoms with Crippen molar-refractivity contribution in [2.24, 2.45) is 0 Å². The van der Waals surface area contributed by atoms with E-state index >= 15 is 0 Å². The van der Waals surface area contributed by atoms with E-state index in [1.807, 2.05) is 16.9 Å². The lowest BCUT2D eigenvalue weighted by Crippen LogP contribution is -2.16. The second-order valence-corrected chi connectivity index (χ2v) is 8.41. The standard InChI is InChI=1S/C23H22FN5OS/c24-19-8-6-18(7-9-19)22-26-27-23(28(22)15-21-3-1-14-30-21)31-16-17-4-10-20(11-5-17)29-13-2-12-25-29/h2,4-13,21H,1,3,14-16H2/t21-/m0/s1. The van der Waals surface area contributed by atoms with Crippen LogP contribution in [0.1, 0.15) is 18.4 Å². The van der Waals surface area contributed by atoms with Gasteiger partial charge in [-0.25, -0.2) is 9.07 Å². The molecule has 0 unspecified atom stereocenters. The molecular formula is C23H22FN5OS. The first-order valence-electron chi connectivity index (χ1n) is 10.3. The van der Waals surface area contributed by atoms with E-state index in [2.05, 4.69) is 44.1 Å². The predicted octanol–water partition coefficient (Wildman–Crippen LogP) is 4.74. The number of ether oxygens (including phenoxy) is 1. The SMILES string of the molecule is Fc1ccc(-c2nnc(SCc3ccc(-n4cccn4)cc3)n2C[C@@H]2CCCO2)cc1. The zero-order chi connectivity index (χ0) is 21.0. The second-order valence-electron chi connectivity index (χ2n) is 7.46. The van der Waals surface area contributed by atoms with Crippen molar-refractivity contribution in [3.05, 3.63) is 78.4 Å². The minimum atomic E-state index is -0.262. The van der Waals surface area contributed by atoms with Crippen LogP contribution in [0.25, 0.3) is 17.1 Å². The van der Waals surface area contributed by atoms with Crippen LogP contribution in [0, 0.1) is 5.82 Å². The summed E-state index contributed by atoms with van der Waals surface area (Å²) in [6.07, 6.45) is 5.95. The minimum Gasteiger partial charge on any atom is -0.376 e. The van der Waals surface area contributed by atoms with Crippen molar-refractivity contribution >= 4 is 11.8 Å². The number of nitrogens with zero attached hydrogens (tertiary/aromatic N) is 5. The first kappa shape index (κ1) is 20.0. The summed E-state index contributed by atoms with van der Waals surface area (Å²) < 4.78 is 23.2. The molecule has 1 atom stereocenters. The minimum absolute atomic E-state index is 0.155. The van der Waals surface area contributed by atoms with Crippen LogP contribution >= 0.6 is 11.8 Å². The van der Waals surface area contributed by atoms with Gasteiger partial charge in [-0.1, -0.05) is 23.9 Å². The fourth-order valence-electron chi connectivity index (χ4n) is 3.68. The van der Waals surface area contributed by atoms with Gasteiger partial charge in [-0.15, -0.1) is 10.2 Å². The Bertz CT molecular complexity index is 1120. The molecule has 0 N–H and O–H groups in total. The average Bonchev–Trinajstić information content (AvgIpc) is 3.57. The van der Waals surface area contributed by atoms with Crippen LogP contribution in [0.3, 0.4) is 0 Å². The number of hydrogen-bond acceptors (Lipinski definition) is 5. The molecule has 2 aromatic carbocycles. The molecule has 0 saturated carbocycles. The number of benzene rings is 2. The van der Waals surface area contributed by atoms with E-state index in [-0.39, 0.29) is 11.9 Å². The maximum Gasteiger partial charge on any atom is 0.191 e. The van der Waals surface area contributed by atoms with Crippen LogP contribution in [0.4, 0.5) is 4.39 Å². The molecule has 4 aromatic rings. The molecule has 0 amide bonds. The molecule has 0 radical (unpaired) electrons. The molecule has 8 heteroatoms. The summed E-state index contributed by atoms with van der Waals surface area (Å²) in [5.74, 6) is 1.25. The van der Waals surface area contributed by atoms with Gasteiger partial charge in [-0.3, -0.25) is 4.57 Å². The fourth-order valence-corrected chi connectivity index (χ4v) is 4.58. The Hall–Kier alpha value is -2.97. The van der Waals surface area contributed by atoms with Crippen LogP contribution in [-0.2, 0) is 17.0 Å². The van der Waals surface area contributed by atoms with Gasteiger partial charge in [-0.2, -0.15) is 5.10 Å². The molecule has 5 rings (SSSR count). The normalized spacial score (nSPS) is 16.1. The molecule has 1 fully saturated rings. The van der Waals surface area contributed by atoms with E-state index in [1.165, 1.54) is 17.7 Å². The maximum absolute atomic E-state index is 13.4. The van der Waals surface area contributed by atoms with E-state index in [0.29, 0.717) is 6.54 Å². The average molecular weight is 436 g/mol. The van der Waals surface area contributed by atoms with Gasteiger partial charge < -0.3 is 4.74 Å². The van der Waals surface area contributed by atoms with Gasteiger partial charge in [0.15, 0.2) is 11.0 Å². The highest BCUT2D eigenvalue weighted by Gasteiger charge is 2.22. The van der Waals surface area contributed by atoms with Gasteiger partial charge in [0.25, 0.3) is 0 Å². The zero-order valence-corrected chi connectivity index (χ0v) is 17.7. The first-order valence-corrected chi connectivity index (χ1v) is 11.3. The van der Waals surface area contributed by atoms with E-state index in [4.69, 9.17) is 4.74 Å². The molecule has 1 saturated heterocycles. The lowest BCUT2D eigenvalue weighted by atomic mass is 10.2. The number of halogens is 1. The number of thioether (sulfide) groups is 1. The van der Waals surface area contributed by atoms with Gasteiger partial charge in [0.1, 0.15) is 5.82 Å². The summed E-state index contributed by atoms with van der Waals surface area (Å²) in [6.45, 7) is 1.49. The smallest absolute Gasteiger partial charge is 0.191 e. The third-order valence-corrected chi connectivity index (χ3v) is 6.34. The van der Waals surface area contributed by atoms with Gasteiger partial charge in [0.05, 0.1) is 18.3 Å². The molecule has 1 aliphatic heterocycles. The van der Waals surface area contributed by atoms with Gasteiger partial charge in [0.2, 0.25) is 0 Å². The van der Waals surface area contributed by atoms with E-state index in [9.17, 15) is 4.39 Å². The highest BCUT2D eigenvalue weighted by molar-refractivity contribution is 7.98. The number of aromatic nitrogens is 5. The van der Waals surface area contributed by atoms with Crippen molar-refractivity contribution in [1.29, 1.82) is 0 Å². The maximum atomic E-state index is 13.4. The summed E-state index contributed by atoms with van der Waals surface area (Å²) in [7, 11) is 0. The van der Waals surface area contributed by atoms with E-state index < -0.39 is 0 Å². The van der Waals surface area contributed by atoms with Crippen LogP contribution in [-0.4, -0.2) is 37.3 Å². The molecule has 2 aromatic heterocycles. The second kappa shape index (κ2) is 9.03. The molecule has 31 heavy (non-hydrogen) atoms. The van der Waals surface area contributed by atoms with Gasteiger partial charge in [-0.05, 0) is 60.9 Å². The lowest BCUT2D eigenvalue weighted by Gasteiger charge is -2.15. The third-order valence-electron chi connectivity index (χ3n) is 5.30. The van der Waals surface area contributed by atoms with Gasteiger partial charge in [0, 0.05) is 30.3 Å². The third kappa shape index (κ3) is 4.55. The number of hydrogen-bond donors (Lipinski definition) is 0. The summed E-state index contributed by atoms with van der Waals surface area (Å²) in [5.41, 5.74) is 3.07. The van der Waals surface area contributed by atoms with Crippen molar-refractivity contribution < 1.29 is 9.13 Å². The topological polar surface area (TPSA) is 57.8 Å². The van der Waals surface area contributed by atoms with Gasteiger partial charge >= 0.3 is 0 Å². The van der Waals surface area contributed by atoms with Crippen LogP contribution in [0.2, 0.25) is 0 Å². The zero-order valence-electron chi connectivity index (χ0n) is 16.9. The molecule has 6 nitrogen and oxygen atoms in total. The fraction of sp³-hybridized carbons (Fsp3) is 0.261. The molecule has 0 spiro atoms. The summed E-state index contributed by atoms with van der Waals surface area (Å²) >= 11 is 1.64. The Morgan fingerprint density at radius 3 is 2.61 bits per heavy atom.